The number of rotatable bonds is 1. The van der Waals surface area contributed by atoms with E-state index in [1.807, 2.05) is 61.7 Å². The average molecular weight is 274 g/mol. The molecule has 102 valence electrons. The standard InChI is InChI=1S/C18H14N2O/c1-11-12-6-2-5-9-16(12)20-18(21)17(11)14-10-19-15-8-4-3-7-13(14)15/h2-10,19H,1H3,(H,20,21). The van der Waals surface area contributed by atoms with Gasteiger partial charge in [-0.1, -0.05) is 36.4 Å². The Kier molecular flexibility index (Phi) is 2.48. The van der Waals surface area contributed by atoms with Gasteiger partial charge in [-0.2, -0.15) is 0 Å². The van der Waals surface area contributed by atoms with Crippen LogP contribution >= 0.6 is 0 Å². The highest BCUT2D eigenvalue weighted by atomic mass is 16.1. The van der Waals surface area contributed by atoms with E-state index in [1.54, 1.807) is 0 Å². The molecule has 0 fully saturated rings. The Morgan fingerprint density at radius 3 is 2.33 bits per heavy atom. The second-order valence-corrected chi connectivity index (χ2v) is 5.25. The number of hydrogen-bond donors (Lipinski definition) is 2. The van der Waals surface area contributed by atoms with Gasteiger partial charge in [0.05, 0.1) is 5.56 Å². The Labute approximate surface area is 121 Å². The molecule has 0 bridgehead atoms. The molecule has 2 heterocycles. The fraction of sp³-hybridized carbons (Fsp3) is 0.0556. The lowest BCUT2D eigenvalue weighted by atomic mass is 9.98. The van der Waals surface area contributed by atoms with E-state index in [2.05, 4.69) is 9.97 Å². The van der Waals surface area contributed by atoms with E-state index in [4.69, 9.17) is 0 Å². The van der Waals surface area contributed by atoms with Crippen LogP contribution in [0.5, 0.6) is 0 Å². The van der Waals surface area contributed by atoms with Crippen molar-refractivity contribution in [2.24, 2.45) is 0 Å². The van der Waals surface area contributed by atoms with E-state index in [0.717, 1.165) is 38.5 Å². The van der Waals surface area contributed by atoms with Crippen LogP contribution in [0.1, 0.15) is 5.56 Å². The van der Waals surface area contributed by atoms with E-state index in [9.17, 15) is 4.79 Å². The van der Waals surface area contributed by atoms with E-state index in [0.29, 0.717) is 0 Å². The molecule has 0 atom stereocenters. The first-order valence-electron chi connectivity index (χ1n) is 6.94. The highest BCUT2D eigenvalue weighted by molar-refractivity contribution is 5.99. The predicted molar refractivity (Wildman–Crippen MR) is 86.6 cm³/mol. The van der Waals surface area contributed by atoms with Gasteiger partial charge in [-0.05, 0) is 24.6 Å². The van der Waals surface area contributed by atoms with Gasteiger partial charge in [0.25, 0.3) is 5.56 Å². The highest BCUT2D eigenvalue weighted by Crippen LogP contribution is 2.30. The Morgan fingerprint density at radius 2 is 1.52 bits per heavy atom. The molecule has 0 radical (unpaired) electrons. The predicted octanol–water partition coefficient (Wildman–Crippen LogP) is 3.98. The third kappa shape index (κ3) is 1.71. The number of para-hydroxylation sites is 2. The van der Waals surface area contributed by atoms with Crippen molar-refractivity contribution in [3.63, 3.8) is 0 Å². The van der Waals surface area contributed by atoms with Crippen LogP contribution in [-0.4, -0.2) is 9.97 Å². The van der Waals surface area contributed by atoms with Crippen LogP contribution in [0.15, 0.2) is 59.5 Å². The molecular weight excluding hydrogens is 260 g/mol. The van der Waals surface area contributed by atoms with Gasteiger partial charge in [-0.3, -0.25) is 4.79 Å². The van der Waals surface area contributed by atoms with Crippen molar-refractivity contribution in [2.75, 3.05) is 0 Å². The number of aromatic nitrogens is 2. The van der Waals surface area contributed by atoms with Gasteiger partial charge in [0, 0.05) is 33.6 Å². The molecule has 2 aromatic heterocycles. The van der Waals surface area contributed by atoms with Crippen molar-refractivity contribution in [3.8, 4) is 11.1 Å². The van der Waals surface area contributed by atoms with Crippen molar-refractivity contribution in [1.29, 1.82) is 0 Å². The molecule has 2 aromatic carbocycles. The maximum atomic E-state index is 12.5. The summed E-state index contributed by atoms with van der Waals surface area (Å²) in [5.74, 6) is 0. The van der Waals surface area contributed by atoms with Crippen molar-refractivity contribution >= 4 is 21.8 Å². The van der Waals surface area contributed by atoms with Gasteiger partial charge in [-0.15, -0.1) is 0 Å². The summed E-state index contributed by atoms with van der Waals surface area (Å²) in [5, 5.41) is 2.15. The number of hydrogen-bond acceptors (Lipinski definition) is 1. The summed E-state index contributed by atoms with van der Waals surface area (Å²) in [7, 11) is 0. The molecular formula is C18H14N2O. The van der Waals surface area contributed by atoms with Gasteiger partial charge in [0.15, 0.2) is 0 Å². The van der Waals surface area contributed by atoms with Crippen LogP contribution < -0.4 is 5.56 Å². The molecule has 4 rings (SSSR count). The smallest absolute Gasteiger partial charge is 0.256 e. The van der Waals surface area contributed by atoms with Crippen molar-refractivity contribution < 1.29 is 0 Å². The monoisotopic (exact) mass is 274 g/mol. The third-order valence-corrected chi connectivity index (χ3v) is 4.04. The molecule has 21 heavy (non-hydrogen) atoms. The van der Waals surface area contributed by atoms with Gasteiger partial charge < -0.3 is 9.97 Å². The summed E-state index contributed by atoms with van der Waals surface area (Å²) in [6.07, 6.45) is 1.91. The molecule has 2 N–H and O–H groups in total. The second kappa shape index (κ2) is 4.35. The number of nitrogens with one attached hydrogen (secondary N) is 2. The molecule has 3 nitrogen and oxygen atoms in total. The molecule has 3 heteroatoms. The first-order chi connectivity index (χ1) is 10.3. The lowest BCUT2D eigenvalue weighted by molar-refractivity contribution is 1.28. The van der Waals surface area contributed by atoms with E-state index < -0.39 is 0 Å². The minimum atomic E-state index is -0.0454. The summed E-state index contributed by atoms with van der Waals surface area (Å²) < 4.78 is 0. The first-order valence-corrected chi connectivity index (χ1v) is 6.94. The molecule has 0 saturated heterocycles. The number of fused-ring (bicyclic) bond motifs is 2. The number of aromatic amines is 2. The van der Waals surface area contributed by atoms with Crippen molar-refractivity contribution in [1.82, 2.24) is 9.97 Å². The molecule has 0 saturated carbocycles. The maximum absolute atomic E-state index is 12.5. The normalized spacial score (nSPS) is 11.3. The molecule has 4 aromatic rings. The van der Waals surface area contributed by atoms with Crippen LogP contribution in [-0.2, 0) is 0 Å². The maximum Gasteiger partial charge on any atom is 0.256 e. The molecule has 0 aliphatic heterocycles. The first kappa shape index (κ1) is 12.0. The Hall–Kier alpha value is -2.81. The minimum absolute atomic E-state index is 0.0454. The van der Waals surface area contributed by atoms with Gasteiger partial charge in [0.1, 0.15) is 0 Å². The van der Waals surface area contributed by atoms with Gasteiger partial charge >= 0.3 is 0 Å². The summed E-state index contributed by atoms with van der Waals surface area (Å²) in [4.78, 5) is 18.7. The Balaban J connectivity index is 2.13. The number of aryl methyl sites for hydroxylation is 1. The van der Waals surface area contributed by atoms with Crippen LogP contribution in [0.2, 0.25) is 0 Å². The molecule has 0 aliphatic carbocycles. The lowest BCUT2D eigenvalue weighted by Gasteiger charge is -2.08. The van der Waals surface area contributed by atoms with Crippen LogP contribution in [0.25, 0.3) is 32.9 Å². The summed E-state index contributed by atoms with van der Waals surface area (Å²) in [5.41, 5.74) is 4.58. The quantitative estimate of drug-likeness (QED) is 0.542. The zero-order chi connectivity index (χ0) is 14.4. The summed E-state index contributed by atoms with van der Waals surface area (Å²) in [6.45, 7) is 2.01. The fourth-order valence-corrected chi connectivity index (χ4v) is 3.01. The summed E-state index contributed by atoms with van der Waals surface area (Å²) in [6, 6.07) is 15.9. The second-order valence-electron chi connectivity index (χ2n) is 5.25. The molecule has 0 unspecified atom stereocenters. The van der Waals surface area contributed by atoms with Gasteiger partial charge in [0.2, 0.25) is 0 Å². The van der Waals surface area contributed by atoms with Crippen LogP contribution in [0, 0.1) is 6.92 Å². The van der Waals surface area contributed by atoms with E-state index in [1.165, 1.54) is 0 Å². The van der Waals surface area contributed by atoms with Crippen molar-refractivity contribution in [2.45, 2.75) is 6.92 Å². The molecule has 0 aliphatic rings. The zero-order valence-electron chi connectivity index (χ0n) is 11.6. The highest BCUT2D eigenvalue weighted by Gasteiger charge is 2.14. The number of H-pyrrole nitrogens is 2. The SMILES string of the molecule is Cc1c(-c2c[nH]c3ccccc23)c(=O)[nH]c2ccccc12. The van der Waals surface area contributed by atoms with E-state index in [-0.39, 0.29) is 5.56 Å². The van der Waals surface area contributed by atoms with E-state index >= 15 is 0 Å². The van der Waals surface area contributed by atoms with Crippen LogP contribution in [0.4, 0.5) is 0 Å². The zero-order valence-corrected chi connectivity index (χ0v) is 11.6. The Bertz CT molecular complexity index is 1020. The minimum Gasteiger partial charge on any atom is -0.361 e. The fourth-order valence-electron chi connectivity index (χ4n) is 3.01. The average Bonchev–Trinajstić information content (AvgIpc) is 2.91. The summed E-state index contributed by atoms with van der Waals surface area (Å²) >= 11 is 0. The van der Waals surface area contributed by atoms with Crippen LogP contribution in [0.3, 0.4) is 0 Å². The number of pyridine rings is 1. The molecule has 0 amide bonds. The topological polar surface area (TPSA) is 48.6 Å². The van der Waals surface area contributed by atoms with Crippen molar-refractivity contribution in [3.05, 3.63) is 70.6 Å². The van der Waals surface area contributed by atoms with Gasteiger partial charge in [-0.25, -0.2) is 0 Å². The lowest BCUT2D eigenvalue weighted by Crippen LogP contribution is -2.11. The third-order valence-electron chi connectivity index (χ3n) is 4.04. The largest absolute Gasteiger partial charge is 0.361 e. The Morgan fingerprint density at radius 1 is 0.857 bits per heavy atom. The number of benzene rings is 2. The molecule has 0 spiro atoms.